The minimum absolute atomic E-state index is 0.0371. The molecule has 0 spiro atoms. The van der Waals surface area contributed by atoms with E-state index >= 15 is 0 Å². The van der Waals surface area contributed by atoms with E-state index in [1.54, 1.807) is 0 Å². The second-order valence-electron chi connectivity index (χ2n) is 3.48. The molecule has 1 rings (SSSR count). The van der Waals surface area contributed by atoms with Crippen molar-refractivity contribution in [3.63, 3.8) is 0 Å². The first-order valence-electron chi connectivity index (χ1n) is 4.71. The number of rotatable bonds is 4. The number of halogens is 2. The maximum atomic E-state index is 13.5. The molecular weight excluding hydrogens is 218 g/mol. The van der Waals surface area contributed by atoms with Crippen LogP contribution in [-0.4, -0.2) is 18.2 Å². The highest BCUT2D eigenvalue weighted by atomic mass is 19.2. The summed E-state index contributed by atoms with van der Waals surface area (Å²) in [5.41, 5.74) is -0.0371. The van der Waals surface area contributed by atoms with E-state index < -0.39 is 23.5 Å². The zero-order chi connectivity index (χ0) is 12.3. The summed E-state index contributed by atoms with van der Waals surface area (Å²) in [6, 6.07) is 2.23. The predicted molar refractivity (Wildman–Crippen MR) is 53.6 cm³/mol. The molecule has 0 heterocycles. The van der Waals surface area contributed by atoms with Crippen LogP contribution in [0.3, 0.4) is 0 Å². The summed E-state index contributed by atoms with van der Waals surface area (Å²) < 4.78 is 31.4. The Morgan fingerprint density at radius 3 is 2.62 bits per heavy atom. The zero-order valence-electron chi connectivity index (χ0n) is 8.96. The van der Waals surface area contributed by atoms with Crippen molar-refractivity contribution in [2.75, 3.05) is 7.11 Å². The van der Waals surface area contributed by atoms with Gasteiger partial charge in [-0.1, -0.05) is 6.92 Å². The second-order valence-corrected chi connectivity index (χ2v) is 3.48. The van der Waals surface area contributed by atoms with Crippen molar-refractivity contribution >= 4 is 5.97 Å². The maximum absolute atomic E-state index is 13.5. The van der Waals surface area contributed by atoms with E-state index in [0.717, 1.165) is 6.07 Å². The van der Waals surface area contributed by atoms with Crippen molar-refractivity contribution in [3.05, 3.63) is 29.3 Å². The third kappa shape index (κ3) is 2.48. The Balaban J connectivity index is 3.18. The Bertz CT molecular complexity index is 404. The summed E-state index contributed by atoms with van der Waals surface area (Å²) in [5, 5.41) is 8.61. The molecular formula is C11H12F2O3. The van der Waals surface area contributed by atoms with Crippen LogP contribution >= 0.6 is 0 Å². The van der Waals surface area contributed by atoms with E-state index in [1.807, 2.05) is 0 Å². The van der Waals surface area contributed by atoms with Gasteiger partial charge >= 0.3 is 5.97 Å². The Morgan fingerprint density at radius 2 is 2.12 bits per heavy atom. The van der Waals surface area contributed by atoms with Gasteiger partial charge in [0.2, 0.25) is 0 Å². The average molecular weight is 230 g/mol. The highest BCUT2D eigenvalue weighted by Crippen LogP contribution is 2.32. The molecule has 0 bridgehead atoms. The normalized spacial score (nSPS) is 12.2. The van der Waals surface area contributed by atoms with Crippen molar-refractivity contribution in [3.8, 4) is 5.75 Å². The van der Waals surface area contributed by atoms with E-state index in [9.17, 15) is 13.6 Å². The van der Waals surface area contributed by atoms with Crippen LogP contribution in [0.2, 0.25) is 0 Å². The Labute approximate surface area is 91.7 Å². The Hall–Kier alpha value is -1.65. The van der Waals surface area contributed by atoms with E-state index in [0.29, 0.717) is 0 Å². The molecule has 1 N–H and O–H groups in total. The van der Waals surface area contributed by atoms with Gasteiger partial charge in [0.1, 0.15) is 5.75 Å². The molecule has 16 heavy (non-hydrogen) atoms. The molecule has 0 aliphatic heterocycles. The van der Waals surface area contributed by atoms with E-state index in [-0.39, 0.29) is 17.7 Å². The molecule has 1 atom stereocenters. The molecule has 0 radical (unpaired) electrons. The predicted octanol–water partition coefficient (Wildman–Crippen LogP) is 2.55. The number of benzene rings is 1. The minimum atomic E-state index is -1.07. The van der Waals surface area contributed by atoms with Gasteiger partial charge in [-0.05, 0) is 18.1 Å². The first-order chi connectivity index (χ1) is 7.47. The molecule has 0 amide bonds. The molecule has 0 aliphatic carbocycles. The third-order valence-corrected chi connectivity index (χ3v) is 2.29. The molecule has 0 saturated heterocycles. The van der Waals surface area contributed by atoms with Gasteiger partial charge in [-0.2, -0.15) is 0 Å². The summed E-state index contributed by atoms with van der Waals surface area (Å²) in [6.45, 7) is 1.51. The zero-order valence-corrected chi connectivity index (χ0v) is 8.96. The molecule has 5 heteroatoms. The molecule has 0 fully saturated rings. The van der Waals surface area contributed by atoms with Crippen molar-refractivity contribution < 1.29 is 23.4 Å². The fraction of sp³-hybridized carbons (Fsp3) is 0.364. The fourth-order valence-electron chi connectivity index (χ4n) is 1.55. The lowest BCUT2D eigenvalue weighted by Gasteiger charge is -2.15. The summed E-state index contributed by atoms with van der Waals surface area (Å²) in [6.07, 6.45) is -0.281. The van der Waals surface area contributed by atoms with E-state index in [1.165, 1.54) is 20.1 Å². The van der Waals surface area contributed by atoms with Crippen LogP contribution in [-0.2, 0) is 4.79 Å². The number of carboxylic acids is 1. The molecule has 88 valence electrons. The highest BCUT2D eigenvalue weighted by Gasteiger charge is 2.21. The van der Waals surface area contributed by atoms with Crippen LogP contribution in [0.5, 0.6) is 5.75 Å². The molecule has 0 aliphatic rings. The molecule has 0 saturated carbocycles. The van der Waals surface area contributed by atoms with Crippen LogP contribution in [0, 0.1) is 11.6 Å². The molecule has 1 unspecified atom stereocenters. The smallest absolute Gasteiger partial charge is 0.303 e. The largest absolute Gasteiger partial charge is 0.496 e. The van der Waals surface area contributed by atoms with Crippen LogP contribution < -0.4 is 4.74 Å². The first-order valence-corrected chi connectivity index (χ1v) is 4.71. The number of hydrogen-bond donors (Lipinski definition) is 1. The molecule has 1 aromatic carbocycles. The van der Waals surface area contributed by atoms with Crippen LogP contribution in [0.1, 0.15) is 24.8 Å². The summed E-state index contributed by atoms with van der Waals surface area (Å²) in [7, 11) is 1.32. The Kier molecular flexibility index (Phi) is 3.82. The minimum Gasteiger partial charge on any atom is -0.496 e. The first kappa shape index (κ1) is 12.4. The third-order valence-electron chi connectivity index (χ3n) is 2.29. The van der Waals surface area contributed by atoms with Gasteiger partial charge in [0.15, 0.2) is 11.6 Å². The van der Waals surface area contributed by atoms with Gasteiger partial charge in [0.25, 0.3) is 0 Å². The lowest BCUT2D eigenvalue weighted by atomic mass is 9.96. The van der Waals surface area contributed by atoms with Gasteiger partial charge in [0.05, 0.1) is 13.5 Å². The van der Waals surface area contributed by atoms with Gasteiger partial charge in [-0.15, -0.1) is 0 Å². The number of hydrogen-bond acceptors (Lipinski definition) is 2. The molecule has 3 nitrogen and oxygen atoms in total. The van der Waals surface area contributed by atoms with Crippen molar-refractivity contribution in [2.24, 2.45) is 0 Å². The quantitative estimate of drug-likeness (QED) is 0.864. The number of methoxy groups -OCH3 is 1. The van der Waals surface area contributed by atoms with Crippen molar-refractivity contribution in [1.29, 1.82) is 0 Å². The fourth-order valence-corrected chi connectivity index (χ4v) is 1.55. The topological polar surface area (TPSA) is 46.5 Å². The monoisotopic (exact) mass is 230 g/mol. The molecule has 0 aromatic heterocycles. The van der Waals surface area contributed by atoms with Gasteiger partial charge in [-0.25, -0.2) is 8.78 Å². The van der Waals surface area contributed by atoms with Crippen molar-refractivity contribution in [1.82, 2.24) is 0 Å². The van der Waals surface area contributed by atoms with Crippen LogP contribution in [0.25, 0.3) is 0 Å². The standard InChI is InChI=1S/C11H12F2O3/c1-6(5-9(14)15)10-8(16-2)4-3-7(12)11(10)13/h3-4,6H,5H2,1-2H3,(H,14,15). The Morgan fingerprint density at radius 1 is 1.50 bits per heavy atom. The van der Waals surface area contributed by atoms with E-state index in [2.05, 4.69) is 0 Å². The number of aliphatic carboxylic acids is 1. The van der Waals surface area contributed by atoms with Gasteiger partial charge < -0.3 is 9.84 Å². The van der Waals surface area contributed by atoms with Crippen LogP contribution in [0.4, 0.5) is 8.78 Å². The lowest BCUT2D eigenvalue weighted by molar-refractivity contribution is -0.137. The average Bonchev–Trinajstić information content (AvgIpc) is 2.20. The highest BCUT2D eigenvalue weighted by molar-refractivity contribution is 5.68. The summed E-state index contributed by atoms with van der Waals surface area (Å²) >= 11 is 0. The number of carbonyl (C=O) groups is 1. The SMILES string of the molecule is COc1ccc(F)c(F)c1C(C)CC(=O)O. The van der Waals surface area contributed by atoms with Gasteiger partial charge in [-0.3, -0.25) is 4.79 Å². The second kappa shape index (κ2) is 4.92. The van der Waals surface area contributed by atoms with Gasteiger partial charge in [0, 0.05) is 5.56 Å². The maximum Gasteiger partial charge on any atom is 0.303 e. The number of carboxylic acid groups (broad SMARTS) is 1. The lowest BCUT2D eigenvalue weighted by Crippen LogP contribution is -2.08. The van der Waals surface area contributed by atoms with Crippen LogP contribution in [0.15, 0.2) is 12.1 Å². The van der Waals surface area contributed by atoms with Crippen molar-refractivity contribution in [2.45, 2.75) is 19.3 Å². The number of ether oxygens (including phenoxy) is 1. The van der Waals surface area contributed by atoms with E-state index in [4.69, 9.17) is 9.84 Å². The summed E-state index contributed by atoms with van der Waals surface area (Å²) in [5.74, 6) is -3.62. The summed E-state index contributed by atoms with van der Waals surface area (Å²) in [4.78, 5) is 10.5. The molecule has 1 aromatic rings.